The summed E-state index contributed by atoms with van der Waals surface area (Å²) in [5.41, 5.74) is 0. The minimum absolute atomic E-state index is 0.127. The third-order valence-electron chi connectivity index (χ3n) is 5.87. The fourth-order valence-electron chi connectivity index (χ4n) is 4.49. The van der Waals surface area contributed by atoms with Gasteiger partial charge < -0.3 is 10.4 Å². The van der Waals surface area contributed by atoms with E-state index in [-0.39, 0.29) is 18.1 Å². The number of piperidine rings is 1. The Balaban J connectivity index is 1.38. The van der Waals surface area contributed by atoms with Crippen molar-refractivity contribution >= 4 is 5.91 Å². The third kappa shape index (κ3) is 4.91. The highest BCUT2D eigenvalue weighted by Crippen LogP contribution is 2.23. The van der Waals surface area contributed by atoms with Gasteiger partial charge in [0.15, 0.2) is 0 Å². The Morgan fingerprint density at radius 1 is 1.00 bits per heavy atom. The first-order valence-electron chi connectivity index (χ1n) is 9.63. The Kier molecular flexibility index (Phi) is 6.31. The smallest absolute Gasteiger partial charge is 0.234 e. The minimum Gasteiger partial charge on any atom is -0.390 e. The van der Waals surface area contributed by atoms with Crippen molar-refractivity contribution in [3.8, 4) is 0 Å². The summed E-state index contributed by atoms with van der Waals surface area (Å²) in [4.78, 5) is 16.7. The quantitative estimate of drug-likeness (QED) is 0.799. The molecule has 0 bridgehead atoms. The van der Waals surface area contributed by atoms with Gasteiger partial charge in [0.2, 0.25) is 5.91 Å². The Morgan fingerprint density at radius 2 is 1.70 bits per heavy atom. The fraction of sp³-hybridized carbons (Fsp3) is 0.944. The number of likely N-dealkylation sites (tertiary alicyclic amines) is 2. The number of nitrogens with zero attached hydrogens (tertiary/aromatic N) is 2. The van der Waals surface area contributed by atoms with E-state index < -0.39 is 0 Å². The number of aliphatic hydroxyl groups is 1. The molecule has 23 heavy (non-hydrogen) atoms. The second-order valence-corrected chi connectivity index (χ2v) is 7.73. The van der Waals surface area contributed by atoms with Crippen LogP contribution in [0.5, 0.6) is 0 Å². The van der Waals surface area contributed by atoms with Gasteiger partial charge in [0, 0.05) is 25.7 Å². The first kappa shape index (κ1) is 17.2. The van der Waals surface area contributed by atoms with Crippen molar-refractivity contribution in [2.75, 3.05) is 39.3 Å². The van der Waals surface area contributed by atoms with E-state index in [4.69, 9.17) is 0 Å². The number of nitrogens with one attached hydrogen (secondary N) is 1. The number of carbonyl (C=O) groups excluding carboxylic acids is 1. The zero-order chi connectivity index (χ0) is 16.1. The van der Waals surface area contributed by atoms with Gasteiger partial charge in [0.05, 0.1) is 12.6 Å². The van der Waals surface area contributed by atoms with E-state index in [0.29, 0.717) is 19.0 Å². The van der Waals surface area contributed by atoms with E-state index in [0.717, 1.165) is 26.2 Å². The van der Waals surface area contributed by atoms with E-state index in [9.17, 15) is 9.90 Å². The van der Waals surface area contributed by atoms with Crippen LogP contribution < -0.4 is 5.32 Å². The summed E-state index contributed by atoms with van der Waals surface area (Å²) in [6, 6.07) is 0.224. The van der Waals surface area contributed by atoms with Crippen molar-refractivity contribution in [1.82, 2.24) is 15.1 Å². The normalized spacial score (nSPS) is 31.3. The van der Waals surface area contributed by atoms with Gasteiger partial charge in [-0.2, -0.15) is 0 Å². The van der Waals surface area contributed by atoms with Crippen LogP contribution in [0.1, 0.15) is 51.4 Å². The summed E-state index contributed by atoms with van der Waals surface area (Å²) in [5.74, 6) is 0.806. The second kappa shape index (κ2) is 8.45. The average molecular weight is 323 g/mol. The number of aliphatic hydroxyl groups excluding tert-OH is 1. The second-order valence-electron chi connectivity index (χ2n) is 7.73. The van der Waals surface area contributed by atoms with Crippen molar-refractivity contribution in [2.24, 2.45) is 5.92 Å². The molecule has 2 N–H and O–H groups in total. The van der Waals surface area contributed by atoms with E-state index in [1.54, 1.807) is 0 Å². The summed E-state index contributed by atoms with van der Waals surface area (Å²) >= 11 is 0. The lowest BCUT2D eigenvalue weighted by molar-refractivity contribution is -0.122. The van der Waals surface area contributed by atoms with E-state index >= 15 is 0 Å². The van der Waals surface area contributed by atoms with E-state index in [2.05, 4.69) is 15.1 Å². The molecule has 3 rings (SSSR count). The molecule has 3 aliphatic rings. The van der Waals surface area contributed by atoms with Crippen LogP contribution in [0.2, 0.25) is 0 Å². The maximum Gasteiger partial charge on any atom is 0.234 e. The van der Waals surface area contributed by atoms with Crippen molar-refractivity contribution in [3.05, 3.63) is 0 Å². The van der Waals surface area contributed by atoms with Crippen molar-refractivity contribution < 1.29 is 9.90 Å². The molecule has 0 spiro atoms. The Morgan fingerprint density at radius 3 is 2.43 bits per heavy atom. The first-order chi connectivity index (χ1) is 11.2. The van der Waals surface area contributed by atoms with Gasteiger partial charge in [-0.3, -0.25) is 14.6 Å². The van der Waals surface area contributed by atoms with Gasteiger partial charge in [0.1, 0.15) is 0 Å². The Bertz CT molecular complexity index is 378. The molecule has 0 aromatic carbocycles. The number of amides is 1. The molecule has 2 heterocycles. The summed E-state index contributed by atoms with van der Waals surface area (Å²) in [5, 5.41) is 13.5. The van der Waals surface area contributed by atoms with Crippen LogP contribution in [-0.2, 0) is 4.79 Å². The van der Waals surface area contributed by atoms with Gasteiger partial charge in [0.25, 0.3) is 0 Å². The van der Waals surface area contributed by atoms with Crippen molar-refractivity contribution in [3.63, 3.8) is 0 Å². The van der Waals surface area contributed by atoms with Crippen LogP contribution in [0, 0.1) is 5.92 Å². The van der Waals surface area contributed by atoms with Crippen LogP contribution in [0.15, 0.2) is 0 Å². The zero-order valence-corrected chi connectivity index (χ0v) is 14.4. The van der Waals surface area contributed by atoms with Crippen LogP contribution in [0.4, 0.5) is 0 Å². The largest absolute Gasteiger partial charge is 0.390 e. The van der Waals surface area contributed by atoms with Crippen LogP contribution in [-0.4, -0.2) is 72.2 Å². The molecule has 132 valence electrons. The predicted molar refractivity (Wildman–Crippen MR) is 91.2 cm³/mol. The van der Waals surface area contributed by atoms with Crippen LogP contribution in [0.25, 0.3) is 0 Å². The summed E-state index contributed by atoms with van der Waals surface area (Å²) in [6.07, 6.45) is 10.0. The minimum atomic E-state index is -0.306. The number of hydrogen-bond acceptors (Lipinski definition) is 4. The molecule has 2 saturated heterocycles. The molecular formula is C18H33N3O2. The molecule has 5 nitrogen and oxygen atoms in total. The zero-order valence-electron chi connectivity index (χ0n) is 14.4. The molecule has 0 unspecified atom stereocenters. The van der Waals surface area contributed by atoms with Gasteiger partial charge in [-0.1, -0.05) is 25.7 Å². The summed E-state index contributed by atoms with van der Waals surface area (Å²) in [7, 11) is 0. The molecule has 2 atom stereocenters. The molecular weight excluding hydrogens is 290 g/mol. The Hall–Kier alpha value is -0.650. The monoisotopic (exact) mass is 323 g/mol. The lowest BCUT2D eigenvalue weighted by Gasteiger charge is -2.33. The van der Waals surface area contributed by atoms with Crippen LogP contribution >= 0.6 is 0 Å². The molecule has 3 fully saturated rings. The van der Waals surface area contributed by atoms with E-state index in [1.165, 1.54) is 51.4 Å². The average Bonchev–Trinajstić information content (AvgIpc) is 2.95. The van der Waals surface area contributed by atoms with Gasteiger partial charge in [-0.15, -0.1) is 0 Å². The number of hydrogen-bond donors (Lipinski definition) is 2. The standard InChI is InChI=1S/C18H33N3O2/c22-17-13-20(12-16(17)21-9-5-2-6-10-21)14-18(23)19-11-15-7-3-1-4-8-15/h15-17,22H,1-14H2,(H,19,23)/t16-,17-/m0/s1. The van der Waals surface area contributed by atoms with Gasteiger partial charge >= 0.3 is 0 Å². The number of carbonyl (C=O) groups is 1. The number of rotatable bonds is 5. The lowest BCUT2D eigenvalue weighted by Crippen LogP contribution is -2.46. The lowest BCUT2D eigenvalue weighted by atomic mass is 9.89. The molecule has 1 aliphatic carbocycles. The Labute approximate surface area is 140 Å². The summed E-state index contributed by atoms with van der Waals surface area (Å²) < 4.78 is 0. The van der Waals surface area contributed by atoms with Crippen molar-refractivity contribution in [2.45, 2.75) is 63.5 Å². The highest BCUT2D eigenvalue weighted by Gasteiger charge is 2.36. The molecule has 1 saturated carbocycles. The third-order valence-corrected chi connectivity index (χ3v) is 5.87. The highest BCUT2D eigenvalue weighted by molar-refractivity contribution is 5.78. The maximum atomic E-state index is 12.2. The topological polar surface area (TPSA) is 55.8 Å². The SMILES string of the molecule is O=C(CN1C[C@H](O)[C@@H](N2CCCCC2)C1)NCC1CCCCC1. The number of β-amino-alcohol motifs (C(OH)–C–C–N with tert-alkyl or cyclic N) is 1. The van der Waals surface area contributed by atoms with Gasteiger partial charge in [-0.05, 0) is 44.7 Å². The fourth-order valence-corrected chi connectivity index (χ4v) is 4.49. The first-order valence-corrected chi connectivity index (χ1v) is 9.63. The molecule has 0 radical (unpaired) electrons. The predicted octanol–water partition coefficient (Wildman–Crippen LogP) is 1.21. The summed E-state index contributed by atoms with van der Waals surface area (Å²) in [6.45, 7) is 4.95. The van der Waals surface area contributed by atoms with Crippen molar-refractivity contribution in [1.29, 1.82) is 0 Å². The molecule has 1 amide bonds. The molecule has 0 aromatic rings. The van der Waals surface area contributed by atoms with Gasteiger partial charge in [-0.25, -0.2) is 0 Å². The van der Waals surface area contributed by atoms with E-state index in [1.807, 2.05) is 0 Å². The molecule has 2 aliphatic heterocycles. The molecule has 5 heteroatoms. The maximum absolute atomic E-state index is 12.2. The highest BCUT2D eigenvalue weighted by atomic mass is 16.3. The van der Waals surface area contributed by atoms with Crippen LogP contribution in [0.3, 0.4) is 0 Å². The molecule has 0 aromatic heterocycles.